The smallest absolute Gasteiger partial charge is 0.231 e. The molecule has 0 unspecified atom stereocenters. The first kappa shape index (κ1) is 10.4. The van der Waals surface area contributed by atoms with Crippen molar-refractivity contribution in [3.8, 4) is 22.1 Å². The van der Waals surface area contributed by atoms with Gasteiger partial charge in [0.25, 0.3) is 0 Å². The molecule has 88 valence electrons. The number of aromatic nitrogens is 1. The van der Waals surface area contributed by atoms with Gasteiger partial charge in [-0.1, -0.05) is 0 Å². The number of aryl methyl sites for hydroxylation is 1. The van der Waals surface area contributed by atoms with Gasteiger partial charge in [0.15, 0.2) is 17.3 Å². The van der Waals surface area contributed by atoms with Crippen LogP contribution in [0.1, 0.15) is 5.56 Å². The zero-order valence-electron chi connectivity index (χ0n) is 9.19. The lowest BCUT2D eigenvalue weighted by Gasteiger charge is -2.04. The molecule has 1 aromatic heterocycles. The molecule has 0 spiro atoms. The van der Waals surface area contributed by atoms with Crippen molar-refractivity contribution in [3.05, 3.63) is 23.1 Å². The number of fused-ring (bicyclic) bond motifs is 1. The van der Waals surface area contributed by atoms with E-state index in [-0.39, 0.29) is 6.79 Å². The quantitative estimate of drug-likeness (QED) is 0.630. The topological polar surface area (TPSA) is 69.4 Å². The lowest BCUT2D eigenvalue weighted by molar-refractivity contribution is 0.174. The number of hydrazine groups is 1. The van der Waals surface area contributed by atoms with Crippen LogP contribution in [0.15, 0.2) is 17.5 Å². The number of anilines is 1. The molecule has 1 aromatic carbocycles. The molecule has 0 aliphatic carbocycles. The lowest BCUT2D eigenvalue weighted by atomic mass is 10.1. The van der Waals surface area contributed by atoms with Gasteiger partial charge in [-0.3, -0.25) is 0 Å². The van der Waals surface area contributed by atoms with E-state index in [2.05, 4.69) is 10.4 Å². The van der Waals surface area contributed by atoms with Crippen molar-refractivity contribution in [2.45, 2.75) is 6.92 Å². The van der Waals surface area contributed by atoms with Gasteiger partial charge in [-0.05, 0) is 24.6 Å². The summed E-state index contributed by atoms with van der Waals surface area (Å²) >= 11 is 1.54. The zero-order valence-corrected chi connectivity index (χ0v) is 10.0. The van der Waals surface area contributed by atoms with Crippen molar-refractivity contribution in [2.24, 2.45) is 5.84 Å². The fourth-order valence-electron chi connectivity index (χ4n) is 1.74. The van der Waals surface area contributed by atoms with Crippen LogP contribution in [0, 0.1) is 6.92 Å². The molecule has 3 rings (SSSR count). The summed E-state index contributed by atoms with van der Waals surface area (Å²) in [6.45, 7) is 2.31. The molecule has 2 heterocycles. The summed E-state index contributed by atoms with van der Waals surface area (Å²) in [4.78, 5) is 4.37. The Morgan fingerprint density at radius 2 is 2.12 bits per heavy atom. The third-order valence-electron chi connectivity index (χ3n) is 2.60. The maximum Gasteiger partial charge on any atom is 0.231 e. The van der Waals surface area contributed by atoms with Gasteiger partial charge in [0.05, 0.1) is 0 Å². The molecule has 0 saturated heterocycles. The molecule has 6 heteroatoms. The molecule has 5 nitrogen and oxygen atoms in total. The minimum Gasteiger partial charge on any atom is -0.454 e. The van der Waals surface area contributed by atoms with Crippen molar-refractivity contribution in [1.29, 1.82) is 0 Å². The second-order valence-electron chi connectivity index (χ2n) is 3.70. The highest BCUT2D eigenvalue weighted by molar-refractivity contribution is 7.13. The van der Waals surface area contributed by atoms with Crippen molar-refractivity contribution >= 4 is 17.2 Å². The van der Waals surface area contributed by atoms with Gasteiger partial charge in [0.1, 0.15) is 5.01 Å². The van der Waals surface area contributed by atoms with Crippen LogP contribution in [0.25, 0.3) is 10.6 Å². The van der Waals surface area contributed by atoms with Crippen LogP contribution in [-0.4, -0.2) is 11.8 Å². The summed E-state index contributed by atoms with van der Waals surface area (Å²) in [5, 5.41) is 2.79. The molecule has 2 aromatic rings. The molecule has 1 aliphatic heterocycles. The molecular formula is C11H11N3O2S. The summed E-state index contributed by atoms with van der Waals surface area (Å²) in [6, 6.07) is 3.92. The van der Waals surface area contributed by atoms with Crippen LogP contribution in [0.2, 0.25) is 0 Å². The number of nitrogens with zero attached hydrogens (tertiary/aromatic N) is 1. The number of nitrogens with one attached hydrogen (secondary N) is 1. The molecule has 17 heavy (non-hydrogen) atoms. The Morgan fingerprint density at radius 1 is 1.35 bits per heavy atom. The number of ether oxygens (including phenoxy) is 2. The lowest BCUT2D eigenvalue weighted by Crippen LogP contribution is -2.06. The third kappa shape index (κ3) is 1.71. The first-order valence-electron chi connectivity index (χ1n) is 5.10. The fraction of sp³-hybridized carbons (Fsp3) is 0.182. The molecule has 0 saturated carbocycles. The fourth-order valence-corrected chi connectivity index (χ4v) is 2.58. The predicted octanol–water partition coefficient (Wildman–Crippen LogP) is 2.13. The Kier molecular flexibility index (Phi) is 2.38. The molecule has 1 aliphatic rings. The number of nitrogens with two attached hydrogens (primary N) is 1. The second kappa shape index (κ2) is 3.90. The van der Waals surface area contributed by atoms with E-state index in [0.717, 1.165) is 27.6 Å². The highest BCUT2D eigenvalue weighted by Gasteiger charge is 2.17. The predicted molar refractivity (Wildman–Crippen MR) is 66.2 cm³/mol. The van der Waals surface area contributed by atoms with Crippen LogP contribution in [0.5, 0.6) is 11.5 Å². The van der Waals surface area contributed by atoms with E-state index >= 15 is 0 Å². The minimum atomic E-state index is 0.283. The minimum absolute atomic E-state index is 0.283. The van der Waals surface area contributed by atoms with Crippen LogP contribution < -0.4 is 20.7 Å². The first-order valence-corrected chi connectivity index (χ1v) is 5.98. The standard InChI is InChI=1S/C11H11N3O2S/c1-6-2-8-9(16-5-15-8)3-7(6)11-13-10(14-12)4-17-11/h2-4,14H,5,12H2,1H3. The Hall–Kier alpha value is -1.79. The van der Waals surface area contributed by atoms with E-state index in [1.807, 2.05) is 24.4 Å². The highest BCUT2D eigenvalue weighted by atomic mass is 32.1. The van der Waals surface area contributed by atoms with E-state index in [0.29, 0.717) is 5.82 Å². The maximum atomic E-state index is 5.36. The third-order valence-corrected chi connectivity index (χ3v) is 3.48. The Balaban J connectivity index is 2.08. The van der Waals surface area contributed by atoms with E-state index < -0.39 is 0 Å². The largest absolute Gasteiger partial charge is 0.454 e. The number of benzene rings is 1. The summed E-state index contributed by atoms with van der Waals surface area (Å²) < 4.78 is 10.7. The van der Waals surface area contributed by atoms with Gasteiger partial charge in [-0.25, -0.2) is 10.8 Å². The van der Waals surface area contributed by atoms with Gasteiger partial charge >= 0.3 is 0 Å². The van der Waals surface area contributed by atoms with Gasteiger partial charge in [0.2, 0.25) is 6.79 Å². The Bertz CT molecular complexity index is 568. The van der Waals surface area contributed by atoms with Crippen molar-refractivity contribution in [3.63, 3.8) is 0 Å². The van der Waals surface area contributed by atoms with Crippen LogP contribution in [-0.2, 0) is 0 Å². The molecule has 3 N–H and O–H groups in total. The number of thiazole rings is 1. The monoisotopic (exact) mass is 249 g/mol. The van der Waals surface area contributed by atoms with Crippen LogP contribution >= 0.6 is 11.3 Å². The van der Waals surface area contributed by atoms with Gasteiger partial charge < -0.3 is 14.9 Å². The zero-order chi connectivity index (χ0) is 11.8. The molecule has 0 radical (unpaired) electrons. The number of rotatable bonds is 2. The van der Waals surface area contributed by atoms with E-state index in [9.17, 15) is 0 Å². The molecule has 0 bridgehead atoms. The summed E-state index contributed by atoms with van der Waals surface area (Å²) in [5.41, 5.74) is 4.68. The number of hydrogen-bond acceptors (Lipinski definition) is 6. The molecule has 0 atom stereocenters. The summed E-state index contributed by atoms with van der Waals surface area (Å²) in [7, 11) is 0. The van der Waals surface area contributed by atoms with E-state index in [1.54, 1.807) is 0 Å². The highest BCUT2D eigenvalue weighted by Crippen LogP contribution is 2.39. The average Bonchev–Trinajstić information content (AvgIpc) is 2.94. The van der Waals surface area contributed by atoms with E-state index in [4.69, 9.17) is 15.3 Å². The number of hydrogen-bond donors (Lipinski definition) is 2. The maximum absolute atomic E-state index is 5.36. The van der Waals surface area contributed by atoms with Crippen LogP contribution in [0.3, 0.4) is 0 Å². The van der Waals surface area contributed by atoms with Gasteiger partial charge in [-0.2, -0.15) is 0 Å². The normalized spacial score (nSPS) is 12.8. The molecular weight excluding hydrogens is 238 g/mol. The van der Waals surface area contributed by atoms with Crippen molar-refractivity contribution < 1.29 is 9.47 Å². The van der Waals surface area contributed by atoms with Crippen molar-refractivity contribution in [2.75, 3.05) is 12.2 Å². The molecule has 0 fully saturated rings. The molecule has 0 amide bonds. The Labute approximate surface area is 102 Å². The first-order chi connectivity index (χ1) is 8.28. The van der Waals surface area contributed by atoms with Crippen LogP contribution in [0.4, 0.5) is 5.82 Å². The average molecular weight is 249 g/mol. The SMILES string of the molecule is Cc1cc2c(cc1-c1nc(NN)cs1)OCO2. The van der Waals surface area contributed by atoms with Gasteiger partial charge in [0, 0.05) is 10.9 Å². The number of nitrogen functional groups attached to an aromatic ring is 1. The summed E-state index contributed by atoms with van der Waals surface area (Å²) in [6.07, 6.45) is 0. The van der Waals surface area contributed by atoms with Crippen molar-refractivity contribution in [1.82, 2.24) is 4.98 Å². The Morgan fingerprint density at radius 3 is 2.82 bits per heavy atom. The summed E-state index contributed by atoms with van der Waals surface area (Å²) in [5.74, 6) is 7.55. The second-order valence-corrected chi connectivity index (χ2v) is 4.56. The van der Waals surface area contributed by atoms with E-state index in [1.165, 1.54) is 11.3 Å². The van der Waals surface area contributed by atoms with Gasteiger partial charge in [-0.15, -0.1) is 11.3 Å².